The number of rotatable bonds is 5. The Morgan fingerprint density at radius 1 is 1.40 bits per heavy atom. The Bertz CT molecular complexity index is 655. The van der Waals surface area contributed by atoms with Gasteiger partial charge in [0, 0.05) is 44.0 Å². The molecule has 0 bridgehead atoms. The molecule has 0 aliphatic carbocycles. The summed E-state index contributed by atoms with van der Waals surface area (Å²) in [5.41, 5.74) is 11.2. The zero-order valence-corrected chi connectivity index (χ0v) is 14.5. The standard InChI is InChI=1S/C15H21N5O4.ClH/c16-5-6-18-14(21)10-2-1-7-19(9-10)15(22)12-8-11(20(23)24)3-4-13(12)17;/h3-4,8,10H,1-2,5-7,9,16-17H2,(H,18,21);1H. The first-order valence-electron chi connectivity index (χ1n) is 7.75. The number of likely N-dealkylation sites (tertiary alicyclic amines) is 1. The number of nitrogens with zero attached hydrogens (tertiary/aromatic N) is 2. The molecule has 1 unspecified atom stereocenters. The number of non-ortho nitro benzene ring substituents is 1. The lowest BCUT2D eigenvalue weighted by Crippen LogP contribution is -2.46. The van der Waals surface area contributed by atoms with Crippen LogP contribution in [0, 0.1) is 16.0 Å². The Hall–Kier alpha value is -2.39. The second-order valence-corrected chi connectivity index (χ2v) is 5.70. The van der Waals surface area contributed by atoms with Crippen LogP contribution in [0.15, 0.2) is 18.2 Å². The molecule has 0 radical (unpaired) electrons. The molecule has 5 N–H and O–H groups in total. The van der Waals surface area contributed by atoms with E-state index in [2.05, 4.69) is 5.32 Å². The summed E-state index contributed by atoms with van der Waals surface area (Å²) in [6.45, 7) is 1.49. The highest BCUT2D eigenvalue weighted by atomic mass is 35.5. The van der Waals surface area contributed by atoms with Crippen LogP contribution in [-0.4, -0.2) is 47.8 Å². The molecule has 1 aliphatic rings. The predicted octanol–water partition coefficient (Wildman–Crippen LogP) is 0.526. The fourth-order valence-electron chi connectivity index (χ4n) is 2.73. The van der Waals surface area contributed by atoms with Gasteiger partial charge < -0.3 is 21.7 Å². The van der Waals surface area contributed by atoms with Gasteiger partial charge in [-0.25, -0.2) is 0 Å². The Balaban J connectivity index is 0.00000312. The Kier molecular flexibility index (Phi) is 7.59. The van der Waals surface area contributed by atoms with E-state index >= 15 is 0 Å². The van der Waals surface area contributed by atoms with E-state index in [1.807, 2.05) is 0 Å². The minimum atomic E-state index is -0.574. The number of piperidine rings is 1. The van der Waals surface area contributed by atoms with E-state index in [1.165, 1.54) is 23.1 Å². The molecule has 1 heterocycles. The summed E-state index contributed by atoms with van der Waals surface area (Å²) in [7, 11) is 0. The summed E-state index contributed by atoms with van der Waals surface area (Å²) < 4.78 is 0. The molecule has 10 heteroatoms. The first-order chi connectivity index (χ1) is 11.4. The van der Waals surface area contributed by atoms with E-state index in [0.29, 0.717) is 32.5 Å². The lowest BCUT2D eigenvalue weighted by molar-refractivity contribution is -0.384. The molecule has 0 aromatic heterocycles. The minimum Gasteiger partial charge on any atom is -0.398 e. The van der Waals surface area contributed by atoms with Crippen molar-refractivity contribution in [3.05, 3.63) is 33.9 Å². The van der Waals surface area contributed by atoms with E-state index in [1.54, 1.807) is 0 Å². The third kappa shape index (κ3) is 5.04. The minimum absolute atomic E-state index is 0. The number of nitrogen functional groups attached to an aromatic ring is 1. The molecule has 1 saturated heterocycles. The van der Waals surface area contributed by atoms with Crippen molar-refractivity contribution >= 4 is 35.6 Å². The second kappa shape index (κ2) is 9.19. The molecule has 25 heavy (non-hydrogen) atoms. The summed E-state index contributed by atoms with van der Waals surface area (Å²) in [4.78, 5) is 36.5. The van der Waals surface area contributed by atoms with Gasteiger partial charge in [0.25, 0.3) is 11.6 Å². The van der Waals surface area contributed by atoms with Crippen molar-refractivity contribution in [3.63, 3.8) is 0 Å². The van der Waals surface area contributed by atoms with Crippen LogP contribution in [0.25, 0.3) is 0 Å². The third-order valence-electron chi connectivity index (χ3n) is 4.00. The molecule has 1 atom stereocenters. The first-order valence-corrected chi connectivity index (χ1v) is 7.75. The number of nitro groups is 1. The van der Waals surface area contributed by atoms with Gasteiger partial charge in [0.1, 0.15) is 0 Å². The SMILES string of the molecule is Cl.NCCNC(=O)C1CCCN(C(=O)c2cc([N+](=O)[O-])ccc2N)C1. The van der Waals surface area contributed by atoms with Gasteiger partial charge in [-0.2, -0.15) is 0 Å². The van der Waals surface area contributed by atoms with Crippen LogP contribution >= 0.6 is 12.4 Å². The molecule has 2 amide bonds. The predicted molar refractivity (Wildman–Crippen MR) is 95.4 cm³/mol. The molecule has 1 fully saturated rings. The monoisotopic (exact) mass is 371 g/mol. The molecule has 1 aromatic carbocycles. The van der Waals surface area contributed by atoms with Crippen molar-refractivity contribution < 1.29 is 14.5 Å². The van der Waals surface area contributed by atoms with Crippen LogP contribution in [0.5, 0.6) is 0 Å². The maximum atomic E-state index is 12.6. The number of amides is 2. The van der Waals surface area contributed by atoms with Gasteiger partial charge in [0.2, 0.25) is 5.91 Å². The number of carbonyl (C=O) groups is 2. The lowest BCUT2D eigenvalue weighted by atomic mass is 9.96. The van der Waals surface area contributed by atoms with Crippen molar-refractivity contribution in [3.8, 4) is 0 Å². The van der Waals surface area contributed by atoms with Crippen molar-refractivity contribution in [1.82, 2.24) is 10.2 Å². The van der Waals surface area contributed by atoms with Crippen molar-refractivity contribution in [1.29, 1.82) is 0 Å². The number of hydrogen-bond acceptors (Lipinski definition) is 6. The van der Waals surface area contributed by atoms with Gasteiger partial charge in [-0.05, 0) is 18.9 Å². The quantitative estimate of drug-likeness (QED) is 0.391. The summed E-state index contributed by atoms with van der Waals surface area (Å²) in [5, 5.41) is 13.6. The van der Waals surface area contributed by atoms with Crippen LogP contribution in [0.2, 0.25) is 0 Å². The van der Waals surface area contributed by atoms with Gasteiger partial charge >= 0.3 is 0 Å². The van der Waals surface area contributed by atoms with Gasteiger partial charge in [-0.15, -0.1) is 12.4 Å². The van der Waals surface area contributed by atoms with Crippen molar-refractivity contribution in [2.75, 3.05) is 31.9 Å². The molecule has 2 rings (SSSR count). The number of hydrogen-bond donors (Lipinski definition) is 3. The number of benzene rings is 1. The highest BCUT2D eigenvalue weighted by Gasteiger charge is 2.30. The van der Waals surface area contributed by atoms with E-state index in [-0.39, 0.29) is 47.7 Å². The van der Waals surface area contributed by atoms with Crippen LogP contribution < -0.4 is 16.8 Å². The van der Waals surface area contributed by atoms with Crippen LogP contribution in [-0.2, 0) is 4.79 Å². The number of halogens is 1. The largest absolute Gasteiger partial charge is 0.398 e. The average molecular weight is 372 g/mol. The molecule has 0 spiro atoms. The molecule has 9 nitrogen and oxygen atoms in total. The average Bonchev–Trinajstić information content (AvgIpc) is 2.59. The summed E-state index contributed by atoms with van der Waals surface area (Å²) in [5.74, 6) is -0.841. The molecule has 1 aliphatic heterocycles. The van der Waals surface area contributed by atoms with E-state index < -0.39 is 10.8 Å². The summed E-state index contributed by atoms with van der Waals surface area (Å²) in [6.07, 6.45) is 1.37. The van der Waals surface area contributed by atoms with Crippen molar-refractivity contribution in [2.45, 2.75) is 12.8 Å². The van der Waals surface area contributed by atoms with Gasteiger partial charge in [0.15, 0.2) is 0 Å². The smallest absolute Gasteiger partial charge is 0.270 e. The fraction of sp³-hybridized carbons (Fsp3) is 0.467. The normalized spacial score (nSPS) is 16.7. The molecular weight excluding hydrogens is 350 g/mol. The maximum Gasteiger partial charge on any atom is 0.270 e. The summed E-state index contributed by atoms with van der Waals surface area (Å²) >= 11 is 0. The molecule has 0 saturated carbocycles. The number of nitrogens with one attached hydrogen (secondary N) is 1. The number of carbonyl (C=O) groups excluding carboxylic acids is 2. The number of nitrogens with two attached hydrogens (primary N) is 2. The zero-order chi connectivity index (χ0) is 17.7. The van der Waals surface area contributed by atoms with E-state index in [0.717, 1.165) is 0 Å². The number of anilines is 1. The molecule has 1 aromatic rings. The lowest BCUT2D eigenvalue weighted by Gasteiger charge is -2.32. The Labute approximate surface area is 151 Å². The highest BCUT2D eigenvalue weighted by Crippen LogP contribution is 2.24. The first kappa shape index (κ1) is 20.7. The third-order valence-corrected chi connectivity index (χ3v) is 4.00. The number of nitro benzene ring substituents is 1. The molecular formula is C15H22ClN5O4. The van der Waals surface area contributed by atoms with Crippen LogP contribution in [0.3, 0.4) is 0 Å². The van der Waals surface area contributed by atoms with E-state index in [4.69, 9.17) is 11.5 Å². The van der Waals surface area contributed by atoms with Crippen LogP contribution in [0.4, 0.5) is 11.4 Å². The Morgan fingerprint density at radius 3 is 2.76 bits per heavy atom. The maximum absolute atomic E-state index is 12.6. The topological polar surface area (TPSA) is 145 Å². The van der Waals surface area contributed by atoms with Crippen LogP contribution in [0.1, 0.15) is 23.2 Å². The van der Waals surface area contributed by atoms with Gasteiger partial charge in [-0.1, -0.05) is 0 Å². The van der Waals surface area contributed by atoms with Crippen molar-refractivity contribution in [2.24, 2.45) is 11.7 Å². The zero-order valence-electron chi connectivity index (χ0n) is 13.6. The highest BCUT2D eigenvalue weighted by molar-refractivity contribution is 6.00. The fourth-order valence-corrected chi connectivity index (χ4v) is 2.73. The summed E-state index contributed by atoms with van der Waals surface area (Å²) in [6, 6.07) is 3.78. The Morgan fingerprint density at radius 2 is 2.12 bits per heavy atom. The van der Waals surface area contributed by atoms with E-state index in [9.17, 15) is 19.7 Å². The second-order valence-electron chi connectivity index (χ2n) is 5.70. The molecule has 138 valence electrons. The van der Waals surface area contributed by atoms with Gasteiger partial charge in [-0.3, -0.25) is 19.7 Å². The van der Waals surface area contributed by atoms with Gasteiger partial charge in [0.05, 0.1) is 16.4 Å².